The van der Waals surface area contributed by atoms with Gasteiger partial charge in [0.2, 0.25) is 5.95 Å². The number of thiophene rings is 1. The van der Waals surface area contributed by atoms with Crippen LogP contribution in [0.5, 0.6) is 0 Å². The molecule has 0 spiro atoms. The molecule has 0 aromatic carbocycles. The van der Waals surface area contributed by atoms with Crippen molar-refractivity contribution < 1.29 is 4.74 Å². The van der Waals surface area contributed by atoms with Crippen LogP contribution in [0.25, 0.3) is 0 Å². The lowest BCUT2D eigenvalue weighted by Crippen LogP contribution is -2.12. The van der Waals surface area contributed by atoms with Gasteiger partial charge in [-0.15, -0.1) is 11.3 Å². The molecule has 0 fully saturated rings. The molecule has 0 saturated heterocycles. The van der Waals surface area contributed by atoms with Gasteiger partial charge < -0.3 is 14.6 Å². The van der Waals surface area contributed by atoms with E-state index in [1.807, 2.05) is 18.3 Å². The van der Waals surface area contributed by atoms with Crippen LogP contribution >= 0.6 is 11.3 Å². The average molecular weight is 279 g/mol. The van der Waals surface area contributed by atoms with Gasteiger partial charge in [-0.2, -0.15) is 0 Å². The first-order valence-electron chi connectivity index (χ1n) is 6.42. The van der Waals surface area contributed by atoms with Gasteiger partial charge in [0.25, 0.3) is 0 Å². The van der Waals surface area contributed by atoms with E-state index < -0.39 is 0 Å². The Bertz CT molecular complexity index is 525. The Morgan fingerprint density at radius 2 is 2.16 bits per heavy atom. The molecule has 2 rings (SSSR count). The van der Waals surface area contributed by atoms with Crippen LogP contribution in [0.1, 0.15) is 21.0 Å². The molecule has 19 heavy (non-hydrogen) atoms. The molecule has 104 valence electrons. The molecule has 2 aromatic heterocycles. The maximum atomic E-state index is 5.05. The maximum Gasteiger partial charge on any atom is 0.203 e. The quantitative estimate of drug-likeness (QED) is 0.826. The Kier molecular flexibility index (Phi) is 4.61. The van der Waals surface area contributed by atoms with Crippen molar-refractivity contribution in [3.8, 4) is 0 Å². The first-order chi connectivity index (χ1) is 9.10. The van der Waals surface area contributed by atoms with Crippen molar-refractivity contribution in [2.24, 2.45) is 0 Å². The van der Waals surface area contributed by atoms with Crippen molar-refractivity contribution in [2.45, 2.75) is 27.3 Å². The van der Waals surface area contributed by atoms with Crippen LogP contribution in [0.2, 0.25) is 0 Å². The lowest BCUT2D eigenvalue weighted by molar-refractivity contribution is 0.210. The molecule has 0 bridgehead atoms. The highest BCUT2D eigenvalue weighted by Crippen LogP contribution is 2.22. The van der Waals surface area contributed by atoms with Gasteiger partial charge in [0, 0.05) is 29.6 Å². The summed E-state index contributed by atoms with van der Waals surface area (Å²) in [7, 11) is 1.70. The molecule has 0 amide bonds. The van der Waals surface area contributed by atoms with E-state index in [9.17, 15) is 0 Å². The first kappa shape index (κ1) is 14.1. The Morgan fingerprint density at radius 3 is 2.79 bits per heavy atom. The molecule has 0 unspecified atom stereocenters. The fourth-order valence-corrected chi connectivity index (χ4v) is 3.02. The van der Waals surface area contributed by atoms with E-state index in [-0.39, 0.29) is 0 Å². The largest absolute Gasteiger partial charge is 0.383 e. The number of imidazole rings is 1. The summed E-state index contributed by atoms with van der Waals surface area (Å²) in [6.07, 6.45) is 2.08. The third kappa shape index (κ3) is 3.58. The van der Waals surface area contributed by atoms with E-state index in [1.165, 1.54) is 15.3 Å². The summed E-state index contributed by atoms with van der Waals surface area (Å²) >= 11 is 1.85. The summed E-state index contributed by atoms with van der Waals surface area (Å²) < 4.78 is 7.21. The van der Waals surface area contributed by atoms with Gasteiger partial charge in [0.1, 0.15) is 0 Å². The van der Waals surface area contributed by atoms with E-state index in [4.69, 9.17) is 4.74 Å². The number of aromatic nitrogens is 2. The number of nitrogens with one attached hydrogen (secondary N) is 1. The minimum Gasteiger partial charge on any atom is -0.383 e. The van der Waals surface area contributed by atoms with Crippen molar-refractivity contribution >= 4 is 17.3 Å². The van der Waals surface area contributed by atoms with Crippen LogP contribution in [0.3, 0.4) is 0 Å². The number of hydrogen-bond acceptors (Lipinski definition) is 4. The van der Waals surface area contributed by atoms with E-state index in [0.29, 0.717) is 6.61 Å². The lowest BCUT2D eigenvalue weighted by Gasteiger charge is -2.08. The zero-order valence-corrected chi connectivity index (χ0v) is 12.8. The smallest absolute Gasteiger partial charge is 0.203 e. The Morgan fingerprint density at radius 1 is 1.37 bits per heavy atom. The van der Waals surface area contributed by atoms with Crippen molar-refractivity contribution in [1.82, 2.24) is 9.55 Å². The van der Waals surface area contributed by atoms with Crippen LogP contribution in [-0.2, 0) is 11.3 Å². The molecule has 0 radical (unpaired) electrons. The zero-order valence-electron chi connectivity index (χ0n) is 12.0. The summed E-state index contributed by atoms with van der Waals surface area (Å²) in [6, 6.07) is 2.26. The molecule has 0 saturated carbocycles. The summed E-state index contributed by atoms with van der Waals surface area (Å²) in [5.74, 6) is 0.915. The van der Waals surface area contributed by atoms with Gasteiger partial charge in [-0.3, -0.25) is 0 Å². The SMILES string of the molecule is COCCNc1nc(C)cn1Cc1cc(C)c(C)s1. The minimum atomic E-state index is 0.684. The van der Waals surface area contributed by atoms with Gasteiger partial charge in [-0.1, -0.05) is 0 Å². The Labute approximate surface area is 118 Å². The molecule has 5 heteroatoms. The third-order valence-electron chi connectivity index (χ3n) is 3.03. The number of hydrogen-bond donors (Lipinski definition) is 1. The highest BCUT2D eigenvalue weighted by Gasteiger charge is 2.08. The summed E-state index contributed by atoms with van der Waals surface area (Å²) in [4.78, 5) is 7.26. The fraction of sp³-hybridized carbons (Fsp3) is 0.500. The molecule has 0 aliphatic heterocycles. The normalized spacial score (nSPS) is 10.9. The number of nitrogens with zero attached hydrogens (tertiary/aromatic N) is 2. The standard InChI is InChI=1S/C14H21N3OS/c1-10-7-13(19-12(10)3)9-17-8-11(2)16-14(17)15-5-6-18-4/h7-8H,5-6,9H2,1-4H3,(H,15,16). The predicted molar refractivity (Wildman–Crippen MR) is 80.2 cm³/mol. The number of methoxy groups -OCH3 is 1. The molecule has 0 atom stereocenters. The van der Waals surface area contributed by atoms with Crippen LogP contribution in [0.15, 0.2) is 12.3 Å². The maximum absolute atomic E-state index is 5.05. The number of anilines is 1. The van der Waals surface area contributed by atoms with Crippen LogP contribution in [0.4, 0.5) is 5.95 Å². The molecule has 2 heterocycles. The Balaban J connectivity index is 2.10. The van der Waals surface area contributed by atoms with Crippen molar-refractivity contribution in [3.63, 3.8) is 0 Å². The molecule has 0 aliphatic rings. The fourth-order valence-electron chi connectivity index (χ4n) is 1.97. The lowest BCUT2D eigenvalue weighted by atomic mass is 10.3. The van der Waals surface area contributed by atoms with Gasteiger partial charge >= 0.3 is 0 Å². The number of rotatable bonds is 6. The Hall–Kier alpha value is -1.33. The number of aryl methyl sites for hydroxylation is 3. The first-order valence-corrected chi connectivity index (χ1v) is 7.24. The number of ether oxygens (including phenoxy) is 1. The molecule has 0 aliphatic carbocycles. The summed E-state index contributed by atoms with van der Waals surface area (Å²) in [5, 5.41) is 3.31. The summed E-state index contributed by atoms with van der Waals surface area (Å²) in [5.41, 5.74) is 2.40. The van der Waals surface area contributed by atoms with E-state index in [2.05, 4.69) is 41.0 Å². The molecule has 1 N–H and O–H groups in total. The van der Waals surface area contributed by atoms with E-state index in [1.54, 1.807) is 7.11 Å². The molecular formula is C14H21N3OS. The average Bonchev–Trinajstić information content (AvgIpc) is 2.84. The second kappa shape index (κ2) is 6.21. The van der Waals surface area contributed by atoms with Gasteiger partial charge in [0.05, 0.1) is 18.8 Å². The third-order valence-corrected chi connectivity index (χ3v) is 4.17. The van der Waals surface area contributed by atoms with E-state index >= 15 is 0 Å². The van der Waals surface area contributed by atoms with Crippen LogP contribution < -0.4 is 5.32 Å². The van der Waals surface area contributed by atoms with Crippen molar-refractivity contribution in [1.29, 1.82) is 0 Å². The topological polar surface area (TPSA) is 39.1 Å². The van der Waals surface area contributed by atoms with Crippen LogP contribution in [0, 0.1) is 20.8 Å². The van der Waals surface area contributed by atoms with Crippen molar-refractivity contribution in [3.05, 3.63) is 33.3 Å². The van der Waals surface area contributed by atoms with Crippen LogP contribution in [-0.4, -0.2) is 29.8 Å². The van der Waals surface area contributed by atoms with Crippen molar-refractivity contribution in [2.75, 3.05) is 25.6 Å². The second-order valence-corrected chi connectivity index (χ2v) is 6.05. The molecule has 2 aromatic rings. The second-order valence-electron chi connectivity index (χ2n) is 4.71. The van der Waals surface area contributed by atoms with E-state index in [0.717, 1.165) is 24.7 Å². The monoisotopic (exact) mass is 279 g/mol. The molecule has 4 nitrogen and oxygen atoms in total. The van der Waals surface area contributed by atoms with Gasteiger partial charge in [0.15, 0.2) is 0 Å². The highest BCUT2D eigenvalue weighted by molar-refractivity contribution is 7.12. The molecular weight excluding hydrogens is 258 g/mol. The zero-order chi connectivity index (χ0) is 13.8. The van der Waals surface area contributed by atoms with Gasteiger partial charge in [-0.05, 0) is 32.4 Å². The van der Waals surface area contributed by atoms with Gasteiger partial charge in [-0.25, -0.2) is 4.98 Å². The predicted octanol–water partition coefficient (Wildman–Crippen LogP) is 2.98. The highest BCUT2D eigenvalue weighted by atomic mass is 32.1. The summed E-state index contributed by atoms with van der Waals surface area (Å²) in [6.45, 7) is 8.67. The minimum absolute atomic E-state index is 0.684.